The van der Waals surface area contributed by atoms with Crippen molar-refractivity contribution in [1.82, 2.24) is 0 Å². The maximum Gasteiger partial charge on any atom is 0.296 e. The van der Waals surface area contributed by atoms with Crippen molar-refractivity contribution in [2.45, 2.75) is 44.1 Å². The molecule has 1 aliphatic rings. The molecule has 0 N–H and O–H groups in total. The predicted octanol–water partition coefficient (Wildman–Crippen LogP) is 5.64. The van der Waals surface area contributed by atoms with Crippen molar-refractivity contribution in [3.8, 4) is 0 Å². The lowest BCUT2D eigenvalue weighted by Gasteiger charge is -2.25. The number of hydrogen-bond acceptors (Lipinski definition) is 7. The zero-order valence-electron chi connectivity index (χ0n) is 21.6. The van der Waals surface area contributed by atoms with Gasteiger partial charge in [-0.25, -0.2) is 4.39 Å². The van der Waals surface area contributed by atoms with Gasteiger partial charge in [0.15, 0.2) is 0 Å². The number of hydrogen-bond donors (Lipinski definition) is 0. The fourth-order valence-corrected chi connectivity index (χ4v) is 5.44. The number of nitro groups is 1. The highest BCUT2D eigenvalue weighted by Gasteiger charge is 2.29. The van der Waals surface area contributed by atoms with Crippen LogP contribution in [-0.2, 0) is 19.0 Å². The Labute approximate surface area is 226 Å². The predicted molar refractivity (Wildman–Crippen MR) is 143 cm³/mol. The van der Waals surface area contributed by atoms with E-state index >= 15 is 0 Å². The summed E-state index contributed by atoms with van der Waals surface area (Å²) in [5.74, 6) is -0.818. The van der Waals surface area contributed by atoms with Crippen LogP contribution >= 0.6 is 0 Å². The van der Waals surface area contributed by atoms with Gasteiger partial charge in [-0.2, -0.15) is 8.42 Å². The molecule has 11 heteroatoms. The third-order valence-electron chi connectivity index (χ3n) is 6.53. The van der Waals surface area contributed by atoms with Gasteiger partial charge in [0.1, 0.15) is 5.82 Å². The van der Waals surface area contributed by atoms with Crippen molar-refractivity contribution in [2.24, 2.45) is 0 Å². The number of benzene rings is 3. The van der Waals surface area contributed by atoms with E-state index in [2.05, 4.69) is 0 Å². The molecule has 0 spiro atoms. The summed E-state index contributed by atoms with van der Waals surface area (Å²) in [6.45, 7) is 3.93. The van der Waals surface area contributed by atoms with Crippen molar-refractivity contribution in [3.63, 3.8) is 0 Å². The lowest BCUT2D eigenvalue weighted by molar-refractivity contribution is -0.384. The Bertz CT molecular complexity index is 1480. The monoisotopic (exact) mass is 556 g/mol. The molecule has 1 atom stereocenters. The van der Waals surface area contributed by atoms with Gasteiger partial charge in [0.05, 0.1) is 22.5 Å². The molecule has 3 aromatic rings. The van der Waals surface area contributed by atoms with E-state index in [1.54, 1.807) is 24.0 Å². The second-order valence-corrected chi connectivity index (χ2v) is 11.0. The van der Waals surface area contributed by atoms with Crippen LogP contribution in [0.1, 0.15) is 52.4 Å². The first kappa shape index (κ1) is 28.3. The largest absolute Gasteiger partial charge is 0.373 e. The first-order chi connectivity index (χ1) is 18.6. The van der Waals surface area contributed by atoms with Crippen LogP contribution in [0.3, 0.4) is 0 Å². The zero-order valence-corrected chi connectivity index (χ0v) is 22.4. The van der Waals surface area contributed by atoms with Crippen molar-refractivity contribution < 1.29 is 31.4 Å². The maximum atomic E-state index is 14.3. The normalized spacial score (nSPS) is 15.5. The minimum Gasteiger partial charge on any atom is -0.373 e. The van der Waals surface area contributed by atoms with E-state index in [0.717, 1.165) is 5.56 Å². The van der Waals surface area contributed by atoms with E-state index in [4.69, 9.17) is 8.92 Å². The molecule has 0 aromatic heterocycles. The quantitative estimate of drug-likeness (QED) is 0.145. The van der Waals surface area contributed by atoms with Crippen LogP contribution in [0.5, 0.6) is 0 Å². The number of nitro benzene ring substituents is 1. The average molecular weight is 557 g/mol. The fraction of sp³-hybridized carbons (Fsp3) is 0.321. The summed E-state index contributed by atoms with van der Waals surface area (Å²) < 4.78 is 50.2. The maximum absolute atomic E-state index is 14.3. The van der Waals surface area contributed by atoms with Crippen LogP contribution in [0.25, 0.3) is 0 Å². The third-order valence-corrected chi connectivity index (χ3v) is 7.85. The molecule has 0 radical (unpaired) electrons. The van der Waals surface area contributed by atoms with Crippen LogP contribution in [0.2, 0.25) is 0 Å². The molecule has 9 nitrogen and oxygen atoms in total. The standard InChI is InChI=1S/C28H29FN2O7S/c1-19-6-10-23(11-7-19)39(35,36)38-16-4-15-37-27-5-3-14-30(26-13-8-21(29)18-25(26)27)28(32)24-12-9-22(31(33)34)17-20(24)2/h6-13,17-18,27H,3-5,14-16H2,1-2H3. The minimum atomic E-state index is -3.88. The second kappa shape index (κ2) is 12.0. The Hall–Kier alpha value is -3.67. The van der Waals surface area contributed by atoms with Gasteiger partial charge in [0.25, 0.3) is 21.7 Å². The lowest BCUT2D eigenvalue weighted by atomic mass is 10.0. The van der Waals surface area contributed by atoms with Gasteiger partial charge < -0.3 is 9.64 Å². The number of fused-ring (bicyclic) bond motifs is 1. The molecule has 1 aliphatic heterocycles. The van der Waals surface area contributed by atoms with Crippen molar-refractivity contribution in [1.29, 1.82) is 0 Å². The van der Waals surface area contributed by atoms with Gasteiger partial charge in [0.2, 0.25) is 0 Å². The van der Waals surface area contributed by atoms with Crippen molar-refractivity contribution in [2.75, 3.05) is 24.7 Å². The topological polar surface area (TPSA) is 116 Å². The van der Waals surface area contributed by atoms with Gasteiger partial charge in [-0.1, -0.05) is 17.7 Å². The minimum absolute atomic E-state index is 0.0789. The molecule has 0 fully saturated rings. The molecule has 206 valence electrons. The SMILES string of the molecule is Cc1ccc(S(=O)(=O)OCCCOC2CCCN(C(=O)c3ccc([N+](=O)[O-])cc3C)c3ccc(F)cc32)cc1. The molecule has 39 heavy (non-hydrogen) atoms. The summed E-state index contributed by atoms with van der Waals surface area (Å²) >= 11 is 0. The highest BCUT2D eigenvalue weighted by atomic mass is 32.2. The molecule has 0 saturated heterocycles. The van der Waals surface area contributed by atoms with Crippen LogP contribution in [0, 0.1) is 29.8 Å². The van der Waals surface area contributed by atoms with Gasteiger partial charge in [-0.05, 0) is 75.1 Å². The molecule has 1 amide bonds. The zero-order chi connectivity index (χ0) is 28.2. The number of aryl methyl sites for hydroxylation is 2. The number of nitrogens with zero attached hydrogens (tertiary/aromatic N) is 2. The Morgan fingerprint density at radius 1 is 1.08 bits per heavy atom. The first-order valence-corrected chi connectivity index (χ1v) is 13.9. The van der Waals surface area contributed by atoms with E-state index in [1.165, 1.54) is 48.5 Å². The van der Waals surface area contributed by atoms with E-state index in [0.29, 0.717) is 41.8 Å². The highest BCUT2D eigenvalue weighted by molar-refractivity contribution is 7.86. The molecular weight excluding hydrogens is 527 g/mol. The summed E-state index contributed by atoms with van der Waals surface area (Å²) in [7, 11) is -3.88. The van der Waals surface area contributed by atoms with Gasteiger partial charge in [0, 0.05) is 42.1 Å². The molecule has 0 aliphatic carbocycles. The molecular formula is C28H29FN2O7S. The Balaban J connectivity index is 1.44. The second-order valence-electron chi connectivity index (χ2n) is 9.36. The fourth-order valence-electron chi connectivity index (χ4n) is 4.50. The molecule has 1 heterocycles. The highest BCUT2D eigenvalue weighted by Crippen LogP contribution is 2.37. The number of ether oxygens (including phenoxy) is 1. The summed E-state index contributed by atoms with van der Waals surface area (Å²) in [5, 5.41) is 11.1. The van der Waals surface area contributed by atoms with Gasteiger partial charge in [-0.15, -0.1) is 0 Å². The molecule has 0 saturated carbocycles. The van der Waals surface area contributed by atoms with Crippen LogP contribution < -0.4 is 4.90 Å². The first-order valence-electron chi connectivity index (χ1n) is 12.5. The van der Waals surface area contributed by atoms with E-state index < -0.39 is 27.0 Å². The summed E-state index contributed by atoms with van der Waals surface area (Å²) in [6, 6.07) is 14.6. The Morgan fingerprint density at radius 2 is 1.82 bits per heavy atom. The summed E-state index contributed by atoms with van der Waals surface area (Å²) in [4.78, 5) is 25.7. The average Bonchev–Trinajstić information content (AvgIpc) is 3.07. The van der Waals surface area contributed by atoms with Crippen molar-refractivity contribution >= 4 is 27.4 Å². The van der Waals surface area contributed by atoms with Gasteiger partial charge in [-0.3, -0.25) is 19.1 Å². The Kier molecular flexibility index (Phi) is 8.73. The number of carbonyl (C=O) groups is 1. The smallest absolute Gasteiger partial charge is 0.296 e. The molecule has 4 rings (SSSR count). The number of non-ortho nitro benzene ring substituents is 1. The number of carbonyl (C=O) groups excluding carboxylic acids is 1. The summed E-state index contributed by atoms with van der Waals surface area (Å²) in [5.41, 5.74) is 2.63. The van der Waals surface area contributed by atoms with Crippen LogP contribution in [0.15, 0.2) is 65.6 Å². The lowest BCUT2D eigenvalue weighted by Crippen LogP contribution is -2.32. The van der Waals surface area contributed by atoms with E-state index in [1.807, 2.05) is 6.92 Å². The van der Waals surface area contributed by atoms with Crippen LogP contribution in [0.4, 0.5) is 15.8 Å². The number of anilines is 1. The Morgan fingerprint density at radius 3 is 2.51 bits per heavy atom. The number of halogens is 1. The van der Waals surface area contributed by atoms with Crippen molar-refractivity contribution in [3.05, 3.63) is 98.8 Å². The molecule has 0 bridgehead atoms. The van der Waals surface area contributed by atoms with E-state index in [-0.39, 0.29) is 36.1 Å². The van der Waals surface area contributed by atoms with Crippen LogP contribution in [-0.4, -0.2) is 39.0 Å². The van der Waals surface area contributed by atoms with Gasteiger partial charge >= 0.3 is 0 Å². The molecule has 1 unspecified atom stereocenters. The number of rotatable bonds is 9. The third kappa shape index (κ3) is 6.67. The molecule has 3 aromatic carbocycles. The number of amides is 1. The summed E-state index contributed by atoms with van der Waals surface area (Å²) in [6.07, 6.45) is 0.857. The van der Waals surface area contributed by atoms with E-state index in [9.17, 15) is 27.7 Å².